The van der Waals surface area contributed by atoms with E-state index in [0.29, 0.717) is 12.2 Å². The van der Waals surface area contributed by atoms with Crippen LogP contribution in [0.3, 0.4) is 0 Å². The Balaban J connectivity index is 2.01. The average molecular weight is 283 g/mol. The molecule has 0 saturated heterocycles. The zero-order chi connectivity index (χ0) is 15.1. The molecule has 1 heterocycles. The Morgan fingerprint density at radius 3 is 2.43 bits per heavy atom. The molecule has 0 aliphatic rings. The van der Waals surface area contributed by atoms with Crippen molar-refractivity contribution in [2.75, 3.05) is 6.61 Å². The van der Waals surface area contributed by atoms with Crippen LogP contribution < -0.4 is 10.2 Å². The van der Waals surface area contributed by atoms with E-state index in [4.69, 9.17) is 4.74 Å². The summed E-state index contributed by atoms with van der Waals surface area (Å²) in [7, 11) is 0. The lowest BCUT2D eigenvalue weighted by atomic mass is 10.2. The van der Waals surface area contributed by atoms with Crippen molar-refractivity contribution in [3.8, 4) is 5.75 Å². The van der Waals surface area contributed by atoms with Gasteiger partial charge in [-0.2, -0.15) is 5.10 Å². The second-order valence-electron chi connectivity index (χ2n) is 4.33. The number of hydrogen-bond acceptors (Lipinski definition) is 4. The highest BCUT2D eigenvalue weighted by Gasteiger charge is 2.05. The van der Waals surface area contributed by atoms with Gasteiger partial charge in [-0.25, -0.2) is 5.43 Å². The zero-order valence-electron chi connectivity index (χ0n) is 12.0. The summed E-state index contributed by atoms with van der Waals surface area (Å²) >= 11 is 0. The third-order valence-corrected chi connectivity index (χ3v) is 2.85. The Morgan fingerprint density at radius 2 is 1.81 bits per heavy atom. The number of hydrazone groups is 1. The lowest BCUT2D eigenvalue weighted by Gasteiger charge is -2.05. The summed E-state index contributed by atoms with van der Waals surface area (Å²) in [5.41, 5.74) is 4.70. The smallest absolute Gasteiger partial charge is 0.271 e. The maximum absolute atomic E-state index is 12.0. The van der Waals surface area contributed by atoms with Crippen molar-refractivity contribution in [1.82, 2.24) is 10.4 Å². The first kappa shape index (κ1) is 14.7. The van der Waals surface area contributed by atoms with Gasteiger partial charge in [-0.1, -0.05) is 0 Å². The van der Waals surface area contributed by atoms with Crippen LogP contribution in [-0.4, -0.2) is 23.2 Å². The molecular formula is C16H17N3O2. The van der Waals surface area contributed by atoms with Crippen LogP contribution in [0.15, 0.2) is 53.9 Å². The highest BCUT2D eigenvalue weighted by molar-refractivity contribution is 6.00. The molecule has 0 unspecified atom stereocenters. The molecule has 1 amide bonds. The Kier molecular flexibility index (Phi) is 5.04. The normalized spacial score (nSPS) is 11.0. The molecule has 1 aromatic heterocycles. The van der Waals surface area contributed by atoms with Gasteiger partial charge in [0, 0.05) is 23.5 Å². The molecule has 1 N–H and O–H groups in total. The molecule has 5 nitrogen and oxygen atoms in total. The standard InChI is InChI=1S/C16H17N3O2/c1-3-21-15-6-4-14(5-7-15)16(20)19-18-12(2)13-8-10-17-11-9-13/h4-11H,3H2,1-2H3,(H,19,20)/b18-12+. The maximum Gasteiger partial charge on any atom is 0.271 e. The van der Waals surface area contributed by atoms with E-state index in [1.165, 1.54) is 0 Å². The lowest BCUT2D eigenvalue weighted by molar-refractivity contribution is 0.0955. The summed E-state index contributed by atoms with van der Waals surface area (Å²) in [4.78, 5) is 15.9. The number of ether oxygens (including phenoxy) is 1. The van der Waals surface area contributed by atoms with Crippen molar-refractivity contribution in [2.45, 2.75) is 13.8 Å². The fourth-order valence-corrected chi connectivity index (χ4v) is 1.73. The van der Waals surface area contributed by atoms with Crippen LogP contribution in [0.5, 0.6) is 5.75 Å². The number of nitrogens with zero attached hydrogens (tertiary/aromatic N) is 2. The summed E-state index contributed by atoms with van der Waals surface area (Å²) in [5, 5.41) is 4.09. The SMILES string of the molecule is CCOc1ccc(C(=O)N/N=C(\C)c2ccncc2)cc1. The summed E-state index contributed by atoms with van der Waals surface area (Å²) in [6, 6.07) is 10.6. The predicted octanol–water partition coefficient (Wildman–Crippen LogP) is 2.63. The van der Waals surface area contributed by atoms with Gasteiger partial charge in [0.05, 0.1) is 12.3 Å². The van der Waals surface area contributed by atoms with E-state index in [9.17, 15) is 4.79 Å². The third-order valence-electron chi connectivity index (χ3n) is 2.85. The summed E-state index contributed by atoms with van der Waals surface area (Å²) in [6.07, 6.45) is 3.37. The maximum atomic E-state index is 12.0. The lowest BCUT2D eigenvalue weighted by Crippen LogP contribution is -2.19. The molecule has 5 heteroatoms. The number of aromatic nitrogens is 1. The van der Waals surface area contributed by atoms with Gasteiger partial charge >= 0.3 is 0 Å². The second-order valence-corrected chi connectivity index (χ2v) is 4.33. The molecule has 0 bridgehead atoms. The van der Waals surface area contributed by atoms with E-state index in [1.54, 1.807) is 36.7 Å². The number of pyridine rings is 1. The van der Waals surface area contributed by atoms with Gasteiger partial charge in [0.1, 0.15) is 5.75 Å². The predicted molar refractivity (Wildman–Crippen MR) is 81.5 cm³/mol. The Hall–Kier alpha value is -2.69. The monoisotopic (exact) mass is 283 g/mol. The van der Waals surface area contributed by atoms with Crippen LogP contribution in [0.1, 0.15) is 29.8 Å². The van der Waals surface area contributed by atoms with E-state index in [0.717, 1.165) is 17.0 Å². The molecule has 108 valence electrons. The van der Waals surface area contributed by atoms with Crippen molar-refractivity contribution in [3.05, 3.63) is 59.9 Å². The topological polar surface area (TPSA) is 63.6 Å². The van der Waals surface area contributed by atoms with E-state index < -0.39 is 0 Å². The first-order valence-corrected chi connectivity index (χ1v) is 6.68. The van der Waals surface area contributed by atoms with Crippen LogP contribution in [0.2, 0.25) is 0 Å². The van der Waals surface area contributed by atoms with Crippen molar-refractivity contribution < 1.29 is 9.53 Å². The van der Waals surface area contributed by atoms with E-state index in [1.807, 2.05) is 26.0 Å². The number of nitrogens with one attached hydrogen (secondary N) is 1. The summed E-state index contributed by atoms with van der Waals surface area (Å²) in [6.45, 7) is 4.34. The minimum absolute atomic E-state index is 0.258. The number of carbonyl (C=O) groups excluding carboxylic acids is 1. The van der Waals surface area contributed by atoms with Gasteiger partial charge in [-0.15, -0.1) is 0 Å². The Morgan fingerprint density at radius 1 is 1.14 bits per heavy atom. The van der Waals surface area contributed by atoms with Crippen LogP contribution in [0.4, 0.5) is 0 Å². The molecule has 0 saturated carbocycles. The third kappa shape index (κ3) is 4.14. The van der Waals surface area contributed by atoms with Crippen molar-refractivity contribution in [1.29, 1.82) is 0 Å². The number of carbonyl (C=O) groups is 1. The van der Waals surface area contributed by atoms with Crippen LogP contribution in [-0.2, 0) is 0 Å². The van der Waals surface area contributed by atoms with Crippen molar-refractivity contribution in [3.63, 3.8) is 0 Å². The highest BCUT2D eigenvalue weighted by Crippen LogP contribution is 2.12. The van der Waals surface area contributed by atoms with Crippen molar-refractivity contribution >= 4 is 11.6 Å². The second kappa shape index (κ2) is 7.19. The van der Waals surface area contributed by atoms with Crippen molar-refractivity contribution in [2.24, 2.45) is 5.10 Å². The first-order valence-electron chi connectivity index (χ1n) is 6.68. The molecule has 0 aliphatic carbocycles. The van der Waals surface area contributed by atoms with Gasteiger partial charge in [-0.3, -0.25) is 9.78 Å². The zero-order valence-corrected chi connectivity index (χ0v) is 12.0. The van der Waals surface area contributed by atoms with Gasteiger partial charge < -0.3 is 4.74 Å². The number of rotatable bonds is 5. The first-order chi connectivity index (χ1) is 10.2. The van der Waals surface area contributed by atoms with E-state index in [-0.39, 0.29) is 5.91 Å². The molecular weight excluding hydrogens is 266 g/mol. The number of amides is 1. The molecule has 0 radical (unpaired) electrons. The largest absolute Gasteiger partial charge is 0.494 e. The number of benzene rings is 1. The highest BCUT2D eigenvalue weighted by atomic mass is 16.5. The van der Waals surface area contributed by atoms with Gasteiger partial charge in [0.2, 0.25) is 0 Å². The minimum Gasteiger partial charge on any atom is -0.494 e. The number of hydrogen-bond donors (Lipinski definition) is 1. The Labute approximate surface area is 123 Å². The Bertz CT molecular complexity index is 622. The molecule has 0 aliphatic heterocycles. The molecule has 21 heavy (non-hydrogen) atoms. The van der Waals surface area contributed by atoms with E-state index >= 15 is 0 Å². The molecule has 1 aromatic carbocycles. The minimum atomic E-state index is -0.258. The van der Waals surface area contributed by atoms with Crippen LogP contribution in [0, 0.1) is 0 Å². The quantitative estimate of drug-likeness (QED) is 0.677. The molecule has 2 rings (SSSR count). The van der Waals surface area contributed by atoms with Gasteiger partial charge in [-0.05, 0) is 50.2 Å². The van der Waals surface area contributed by atoms with E-state index in [2.05, 4.69) is 15.5 Å². The molecule has 0 spiro atoms. The summed E-state index contributed by atoms with van der Waals surface area (Å²) < 4.78 is 5.33. The van der Waals surface area contributed by atoms with Gasteiger partial charge in [0.15, 0.2) is 0 Å². The fraction of sp³-hybridized carbons (Fsp3) is 0.188. The van der Waals surface area contributed by atoms with Gasteiger partial charge in [0.25, 0.3) is 5.91 Å². The molecule has 2 aromatic rings. The molecule has 0 atom stereocenters. The molecule has 0 fully saturated rings. The summed E-state index contributed by atoms with van der Waals surface area (Å²) in [5.74, 6) is 0.483. The van der Waals surface area contributed by atoms with Crippen LogP contribution >= 0.6 is 0 Å². The van der Waals surface area contributed by atoms with Crippen LogP contribution in [0.25, 0.3) is 0 Å². The average Bonchev–Trinajstić information content (AvgIpc) is 2.54. The fourth-order valence-electron chi connectivity index (χ4n) is 1.73.